The third-order valence-corrected chi connectivity index (χ3v) is 0.412. The van der Waals surface area contributed by atoms with Gasteiger partial charge >= 0.3 is 0 Å². The highest BCUT2D eigenvalue weighted by Crippen LogP contribution is 1.73. The van der Waals surface area contributed by atoms with Crippen LogP contribution in [0.3, 0.4) is 0 Å². The fourth-order valence-corrected chi connectivity index (χ4v) is 0.159. The molecule has 46 valence electrons. The van der Waals surface area contributed by atoms with E-state index in [9.17, 15) is 10.1 Å². The smallest absolute Gasteiger partial charge is 0.294 e. The minimum atomic E-state index is -0.875. The molecule has 0 fully saturated rings. The first kappa shape index (κ1) is 6.74. The summed E-state index contributed by atoms with van der Waals surface area (Å²) in [6.45, 7) is -0.0799. The van der Waals surface area contributed by atoms with Gasteiger partial charge in [-0.15, -0.1) is 10.1 Å². The van der Waals surface area contributed by atoms with Gasteiger partial charge in [-0.3, -0.25) is 0 Å². The summed E-state index contributed by atoms with van der Waals surface area (Å²) in [4.78, 5) is 13.2. The number of rotatable bonds is 3. The predicted molar refractivity (Wildman–Crippen MR) is 26.3 cm³/mol. The van der Waals surface area contributed by atoms with E-state index in [1.807, 2.05) is 0 Å². The summed E-state index contributed by atoms with van der Waals surface area (Å²) in [5, 5.41) is 8.51. The van der Waals surface area contributed by atoms with E-state index >= 15 is 0 Å². The Kier molecular flexibility index (Phi) is 3.30. The van der Waals surface area contributed by atoms with Gasteiger partial charge in [0.05, 0.1) is 0 Å². The third-order valence-electron chi connectivity index (χ3n) is 0.412. The van der Waals surface area contributed by atoms with Crippen molar-refractivity contribution in [3.63, 3.8) is 0 Å². The first-order valence-electron chi connectivity index (χ1n) is 1.91. The molecule has 0 aromatic heterocycles. The lowest BCUT2D eigenvalue weighted by Crippen LogP contribution is -1.99. The normalized spacial score (nSPS) is 9.50. The molecule has 0 aromatic carbocycles. The molecule has 0 rings (SSSR count). The minimum absolute atomic E-state index is 0.0799. The highest BCUT2D eigenvalue weighted by Gasteiger charge is 1.86. The van der Waals surface area contributed by atoms with Gasteiger partial charge in [0.25, 0.3) is 5.09 Å². The Bertz CT molecular complexity index is 101. The van der Waals surface area contributed by atoms with Crippen molar-refractivity contribution < 1.29 is 9.92 Å². The topological polar surface area (TPSA) is 78.4 Å². The van der Waals surface area contributed by atoms with Gasteiger partial charge in [-0.1, -0.05) is 0 Å². The van der Waals surface area contributed by atoms with Crippen LogP contribution in [0.2, 0.25) is 0 Å². The minimum Gasteiger partial charge on any atom is -0.405 e. The van der Waals surface area contributed by atoms with Crippen LogP contribution in [-0.2, 0) is 4.84 Å². The Morgan fingerprint density at radius 1 is 1.88 bits per heavy atom. The molecule has 8 heavy (non-hydrogen) atoms. The predicted octanol–water partition coefficient (Wildman–Crippen LogP) is -0.333. The fourth-order valence-electron chi connectivity index (χ4n) is 0.159. The van der Waals surface area contributed by atoms with Crippen molar-refractivity contribution in [1.82, 2.24) is 0 Å². The average Bonchev–Trinajstić information content (AvgIpc) is 1.66. The zero-order chi connectivity index (χ0) is 6.41. The van der Waals surface area contributed by atoms with Crippen LogP contribution in [0, 0.1) is 10.1 Å². The Morgan fingerprint density at radius 3 is 2.88 bits per heavy atom. The van der Waals surface area contributed by atoms with Gasteiger partial charge in [-0.2, -0.15) is 0 Å². The van der Waals surface area contributed by atoms with Crippen molar-refractivity contribution in [2.75, 3.05) is 6.61 Å². The highest BCUT2D eigenvalue weighted by atomic mass is 16.9. The lowest BCUT2D eigenvalue weighted by atomic mass is 10.7. The van der Waals surface area contributed by atoms with E-state index in [-0.39, 0.29) is 6.61 Å². The summed E-state index contributed by atoms with van der Waals surface area (Å²) in [5.41, 5.74) is 4.83. The van der Waals surface area contributed by atoms with Crippen LogP contribution in [0.4, 0.5) is 0 Å². The second-order valence-electron chi connectivity index (χ2n) is 0.948. The quantitative estimate of drug-likeness (QED) is 0.406. The summed E-state index contributed by atoms with van der Waals surface area (Å²) >= 11 is 0. The van der Waals surface area contributed by atoms with E-state index in [4.69, 9.17) is 5.73 Å². The average molecular weight is 118 g/mol. The van der Waals surface area contributed by atoms with Crippen molar-refractivity contribution >= 4 is 0 Å². The van der Waals surface area contributed by atoms with Crippen LogP contribution < -0.4 is 5.73 Å². The zero-order valence-electron chi connectivity index (χ0n) is 4.11. The fraction of sp³-hybridized carbons (Fsp3) is 0.333. The van der Waals surface area contributed by atoms with Gasteiger partial charge < -0.3 is 10.6 Å². The molecule has 0 amide bonds. The Morgan fingerprint density at radius 2 is 2.50 bits per heavy atom. The standard InChI is InChI=1S/C3H6N2O3/c4-2-1-3-8-5(6)7/h1-2H,3-4H2. The van der Waals surface area contributed by atoms with Gasteiger partial charge in [-0.25, -0.2) is 0 Å². The molecule has 0 radical (unpaired) electrons. The molecular weight excluding hydrogens is 112 g/mol. The Balaban J connectivity index is 3.05. The summed E-state index contributed by atoms with van der Waals surface area (Å²) in [6, 6.07) is 0. The van der Waals surface area contributed by atoms with E-state index < -0.39 is 5.09 Å². The summed E-state index contributed by atoms with van der Waals surface area (Å²) < 4.78 is 0. The summed E-state index contributed by atoms with van der Waals surface area (Å²) in [5.74, 6) is 0. The molecule has 0 bridgehead atoms. The molecular formula is C3H6N2O3. The molecule has 0 aliphatic carbocycles. The van der Waals surface area contributed by atoms with Crippen molar-refractivity contribution in [2.24, 2.45) is 5.73 Å². The van der Waals surface area contributed by atoms with E-state index in [0.29, 0.717) is 0 Å². The molecule has 0 aliphatic rings. The maximum atomic E-state index is 9.38. The molecule has 0 spiro atoms. The second kappa shape index (κ2) is 3.91. The van der Waals surface area contributed by atoms with Gasteiger partial charge in [0.2, 0.25) is 0 Å². The van der Waals surface area contributed by atoms with Gasteiger partial charge in [0.1, 0.15) is 6.61 Å². The van der Waals surface area contributed by atoms with Crippen LogP contribution >= 0.6 is 0 Å². The van der Waals surface area contributed by atoms with Crippen molar-refractivity contribution in [1.29, 1.82) is 0 Å². The van der Waals surface area contributed by atoms with Gasteiger partial charge in [0.15, 0.2) is 0 Å². The monoisotopic (exact) mass is 118 g/mol. The van der Waals surface area contributed by atoms with Crippen molar-refractivity contribution in [3.8, 4) is 0 Å². The first-order chi connectivity index (χ1) is 3.77. The maximum Gasteiger partial charge on any atom is 0.294 e. The van der Waals surface area contributed by atoms with Gasteiger partial charge in [-0.05, 0) is 12.3 Å². The van der Waals surface area contributed by atoms with Crippen LogP contribution in [0.1, 0.15) is 0 Å². The first-order valence-corrected chi connectivity index (χ1v) is 1.91. The molecule has 0 atom stereocenters. The molecule has 0 aliphatic heterocycles. The van der Waals surface area contributed by atoms with Crippen LogP contribution in [0.25, 0.3) is 0 Å². The molecule has 0 heterocycles. The highest BCUT2D eigenvalue weighted by molar-refractivity contribution is 4.73. The van der Waals surface area contributed by atoms with E-state index in [1.165, 1.54) is 12.3 Å². The molecule has 2 N–H and O–H groups in total. The van der Waals surface area contributed by atoms with Crippen LogP contribution in [-0.4, -0.2) is 11.7 Å². The Hall–Kier alpha value is -1.26. The van der Waals surface area contributed by atoms with Crippen molar-refractivity contribution in [3.05, 3.63) is 22.4 Å². The molecule has 5 nitrogen and oxygen atoms in total. The number of hydrogen-bond donors (Lipinski definition) is 1. The van der Waals surface area contributed by atoms with E-state index in [1.54, 1.807) is 0 Å². The van der Waals surface area contributed by atoms with Crippen LogP contribution in [0.5, 0.6) is 0 Å². The number of nitrogens with zero attached hydrogens (tertiary/aromatic N) is 1. The zero-order valence-corrected chi connectivity index (χ0v) is 4.11. The largest absolute Gasteiger partial charge is 0.405 e. The van der Waals surface area contributed by atoms with Crippen molar-refractivity contribution in [2.45, 2.75) is 0 Å². The molecule has 0 aromatic rings. The third kappa shape index (κ3) is 4.74. The Labute approximate surface area is 45.8 Å². The van der Waals surface area contributed by atoms with E-state index in [0.717, 1.165) is 0 Å². The maximum absolute atomic E-state index is 9.38. The molecule has 5 heteroatoms. The molecule has 0 saturated carbocycles. The summed E-state index contributed by atoms with van der Waals surface area (Å²) in [6.07, 6.45) is 2.52. The van der Waals surface area contributed by atoms with Gasteiger partial charge in [0, 0.05) is 0 Å². The summed E-state index contributed by atoms with van der Waals surface area (Å²) in [7, 11) is 0. The van der Waals surface area contributed by atoms with E-state index in [2.05, 4.69) is 4.84 Å². The SMILES string of the molecule is NC=CCO[N+](=O)[O-]. The number of hydrogen-bond acceptors (Lipinski definition) is 4. The van der Waals surface area contributed by atoms with Crippen LogP contribution in [0.15, 0.2) is 12.3 Å². The molecule has 0 saturated heterocycles. The molecule has 0 unspecified atom stereocenters. The lowest BCUT2D eigenvalue weighted by Gasteiger charge is -1.86. The lowest BCUT2D eigenvalue weighted by molar-refractivity contribution is -0.755. The second-order valence-corrected chi connectivity index (χ2v) is 0.948. The number of nitrogens with two attached hydrogens (primary N) is 1.